The first-order chi connectivity index (χ1) is 14.3. The number of piperidine rings is 1. The van der Waals surface area contributed by atoms with Crippen LogP contribution in [0.2, 0.25) is 0 Å². The first kappa shape index (κ1) is 20.2. The molecule has 1 spiro atoms. The summed E-state index contributed by atoms with van der Waals surface area (Å²) in [5.41, 5.74) is 0.130. The van der Waals surface area contributed by atoms with Gasteiger partial charge < -0.3 is 24.5 Å². The number of aromatic nitrogens is 1. The van der Waals surface area contributed by atoms with Crippen LogP contribution in [0.15, 0.2) is 18.2 Å². The van der Waals surface area contributed by atoms with E-state index in [1.165, 1.54) is 18.1 Å². The number of carbonyl (C=O) groups excluding carboxylic acids is 2. The van der Waals surface area contributed by atoms with Gasteiger partial charge in [-0.05, 0) is 45.1 Å². The number of H-pyrrole nitrogens is 1. The number of nitrogens with zero attached hydrogens (tertiary/aromatic N) is 2. The highest BCUT2D eigenvalue weighted by molar-refractivity contribution is 6.06. The number of aromatic carboxylic acids is 1. The third-order valence-electron chi connectivity index (χ3n) is 6.14. The van der Waals surface area contributed by atoms with Gasteiger partial charge in [0.25, 0.3) is 0 Å². The third kappa shape index (κ3) is 3.49. The van der Waals surface area contributed by atoms with Gasteiger partial charge in [0.2, 0.25) is 11.8 Å². The van der Waals surface area contributed by atoms with E-state index in [1.807, 2.05) is 7.05 Å². The summed E-state index contributed by atoms with van der Waals surface area (Å²) in [5, 5.41) is 9.82. The molecule has 2 fully saturated rings. The van der Waals surface area contributed by atoms with Crippen molar-refractivity contribution in [2.24, 2.45) is 5.41 Å². The number of rotatable bonds is 6. The average molecular weight is 415 g/mol. The number of aromatic amines is 1. The Bertz CT molecular complexity index is 1010. The lowest BCUT2D eigenvalue weighted by Crippen LogP contribution is -2.44. The molecule has 1 aromatic carbocycles. The molecule has 2 N–H and O–H groups in total. The number of benzene rings is 1. The van der Waals surface area contributed by atoms with E-state index in [9.17, 15) is 14.4 Å². The van der Waals surface area contributed by atoms with E-state index in [4.69, 9.17) is 14.6 Å². The normalized spacial score (nSPS) is 19.1. The summed E-state index contributed by atoms with van der Waals surface area (Å²) in [7, 11) is 3.51. The number of fused-ring (bicyclic) bond motifs is 1. The van der Waals surface area contributed by atoms with Gasteiger partial charge in [0, 0.05) is 17.9 Å². The molecule has 2 aliphatic heterocycles. The topological polar surface area (TPSA) is 112 Å². The second-order valence-electron chi connectivity index (χ2n) is 8.04. The Morgan fingerprint density at radius 2 is 1.93 bits per heavy atom. The van der Waals surface area contributed by atoms with Crippen molar-refractivity contribution < 1.29 is 29.0 Å². The number of amides is 2. The van der Waals surface area contributed by atoms with Gasteiger partial charge in [-0.1, -0.05) is 0 Å². The van der Waals surface area contributed by atoms with Gasteiger partial charge in [-0.25, -0.2) is 4.79 Å². The zero-order valence-electron chi connectivity index (χ0n) is 17.1. The maximum absolute atomic E-state index is 13.0. The molecule has 160 valence electrons. The number of carboxylic acids is 1. The molecule has 4 rings (SSSR count). The van der Waals surface area contributed by atoms with Crippen LogP contribution in [0.25, 0.3) is 10.9 Å². The predicted octanol–water partition coefficient (Wildman–Crippen LogP) is 1.72. The Morgan fingerprint density at radius 1 is 1.20 bits per heavy atom. The van der Waals surface area contributed by atoms with Gasteiger partial charge in [-0.15, -0.1) is 0 Å². The van der Waals surface area contributed by atoms with Crippen LogP contribution in [-0.4, -0.2) is 78.1 Å². The Hall–Kier alpha value is -3.07. The molecule has 0 radical (unpaired) electrons. The number of hydrogen-bond acceptors (Lipinski definition) is 6. The summed E-state index contributed by atoms with van der Waals surface area (Å²) in [6.07, 6.45) is 1.68. The molecule has 0 bridgehead atoms. The minimum absolute atomic E-state index is 0.0703. The Labute approximate surface area is 173 Å². The molecular weight excluding hydrogens is 390 g/mol. The molecule has 2 aliphatic rings. The maximum atomic E-state index is 13.0. The molecule has 9 nitrogen and oxygen atoms in total. The highest BCUT2D eigenvalue weighted by Crippen LogP contribution is 2.42. The minimum atomic E-state index is -1.05. The highest BCUT2D eigenvalue weighted by Gasteiger charge is 2.51. The number of likely N-dealkylation sites (tertiary alicyclic amines) is 2. The Kier molecular flexibility index (Phi) is 5.15. The molecule has 9 heteroatoms. The molecule has 0 atom stereocenters. The number of carboxylic acid groups (broad SMARTS) is 1. The van der Waals surface area contributed by atoms with Gasteiger partial charge in [0.05, 0.1) is 24.6 Å². The van der Waals surface area contributed by atoms with E-state index in [-0.39, 0.29) is 37.1 Å². The van der Waals surface area contributed by atoms with E-state index < -0.39 is 11.4 Å². The zero-order valence-corrected chi connectivity index (χ0v) is 17.1. The first-order valence-electron chi connectivity index (χ1n) is 9.93. The number of carbonyl (C=O) groups is 3. The average Bonchev–Trinajstić information content (AvgIpc) is 3.24. The fourth-order valence-electron chi connectivity index (χ4n) is 4.30. The molecule has 30 heavy (non-hydrogen) atoms. The van der Waals surface area contributed by atoms with Gasteiger partial charge in [0.1, 0.15) is 12.3 Å². The van der Waals surface area contributed by atoms with Crippen molar-refractivity contribution in [1.29, 1.82) is 0 Å². The fourth-order valence-corrected chi connectivity index (χ4v) is 4.30. The number of methoxy groups -OCH3 is 1. The van der Waals surface area contributed by atoms with Crippen LogP contribution >= 0.6 is 0 Å². The SMILES string of the molecule is COc1cc2[nH]c(C(=O)O)cc2cc1OCCN1C(=O)CC2(CCN(C)CC2)C1=O. The number of imide groups is 1. The van der Waals surface area contributed by atoms with Crippen molar-refractivity contribution in [3.05, 3.63) is 23.9 Å². The molecular formula is C21H25N3O6. The first-order valence-corrected chi connectivity index (χ1v) is 9.93. The third-order valence-corrected chi connectivity index (χ3v) is 6.14. The lowest BCUT2D eigenvalue weighted by Gasteiger charge is -2.35. The molecule has 2 saturated heterocycles. The van der Waals surface area contributed by atoms with Crippen LogP contribution in [0.3, 0.4) is 0 Å². The van der Waals surface area contributed by atoms with Crippen LogP contribution in [0.5, 0.6) is 11.5 Å². The molecule has 0 unspecified atom stereocenters. The molecule has 0 saturated carbocycles. The van der Waals surface area contributed by atoms with Crippen molar-refractivity contribution >= 4 is 28.7 Å². The van der Waals surface area contributed by atoms with Gasteiger partial charge in [-0.2, -0.15) is 0 Å². The van der Waals surface area contributed by atoms with E-state index in [0.29, 0.717) is 35.2 Å². The van der Waals surface area contributed by atoms with Crippen LogP contribution in [0, 0.1) is 5.41 Å². The van der Waals surface area contributed by atoms with Crippen LogP contribution in [0.4, 0.5) is 0 Å². The summed E-state index contributed by atoms with van der Waals surface area (Å²) < 4.78 is 11.2. The largest absolute Gasteiger partial charge is 0.493 e. The predicted molar refractivity (Wildman–Crippen MR) is 108 cm³/mol. The number of hydrogen-bond donors (Lipinski definition) is 2. The van der Waals surface area contributed by atoms with Crippen LogP contribution < -0.4 is 9.47 Å². The smallest absolute Gasteiger partial charge is 0.352 e. The van der Waals surface area contributed by atoms with Crippen molar-refractivity contribution in [1.82, 2.24) is 14.8 Å². The van der Waals surface area contributed by atoms with Crippen LogP contribution in [0.1, 0.15) is 29.8 Å². The summed E-state index contributed by atoms with van der Waals surface area (Å²) in [5.74, 6) is -0.432. The second kappa shape index (κ2) is 7.64. The van der Waals surface area contributed by atoms with Gasteiger partial charge in [-0.3, -0.25) is 14.5 Å². The molecule has 3 heterocycles. The monoisotopic (exact) mass is 415 g/mol. The summed E-state index contributed by atoms with van der Waals surface area (Å²) in [6.45, 7) is 1.93. The van der Waals surface area contributed by atoms with E-state index in [0.717, 1.165) is 13.1 Å². The molecule has 2 amide bonds. The van der Waals surface area contributed by atoms with E-state index in [2.05, 4.69) is 9.88 Å². The van der Waals surface area contributed by atoms with Crippen molar-refractivity contribution in [2.75, 3.05) is 40.4 Å². The van der Waals surface area contributed by atoms with Gasteiger partial charge >= 0.3 is 5.97 Å². The van der Waals surface area contributed by atoms with Crippen molar-refractivity contribution in [3.63, 3.8) is 0 Å². The Balaban J connectivity index is 1.45. The van der Waals surface area contributed by atoms with Gasteiger partial charge in [0.15, 0.2) is 11.5 Å². The number of ether oxygens (including phenoxy) is 2. The zero-order chi connectivity index (χ0) is 21.5. The summed E-state index contributed by atoms with van der Waals surface area (Å²) in [6, 6.07) is 4.86. The molecule has 0 aliphatic carbocycles. The number of nitrogens with one attached hydrogen (secondary N) is 1. The second-order valence-corrected chi connectivity index (χ2v) is 8.04. The lowest BCUT2D eigenvalue weighted by atomic mass is 9.77. The van der Waals surface area contributed by atoms with Crippen molar-refractivity contribution in [2.45, 2.75) is 19.3 Å². The summed E-state index contributed by atoms with van der Waals surface area (Å²) >= 11 is 0. The maximum Gasteiger partial charge on any atom is 0.352 e. The Morgan fingerprint density at radius 3 is 2.60 bits per heavy atom. The minimum Gasteiger partial charge on any atom is -0.493 e. The molecule has 2 aromatic rings. The molecule has 1 aromatic heterocycles. The summed E-state index contributed by atoms with van der Waals surface area (Å²) in [4.78, 5) is 42.9. The lowest BCUT2D eigenvalue weighted by molar-refractivity contribution is -0.142. The highest BCUT2D eigenvalue weighted by atomic mass is 16.5. The fraction of sp³-hybridized carbons (Fsp3) is 0.476. The standard InChI is InChI=1S/C21H25N3O6/c1-23-5-3-21(4-6-23)12-18(25)24(20(21)28)7-8-30-17-10-13-9-15(19(26)27)22-14(13)11-16(17)29-2/h9-11,22H,3-8,12H2,1-2H3,(H,26,27). The van der Waals surface area contributed by atoms with Crippen molar-refractivity contribution in [3.8, 4) is 11.5 Å². The van der Waals surface area contributed by atoms with E-state index in [1.54, 1.807) is 12.1 Å². The van der Waals surface area contributed by atoms with Crippen LogP contribution in [-0.2, 0) is 9.59 Å². The van der Waals surface area contributed by atoms with E-state index >= 15 is 0 Å². The quantitative estimate of drug-likeness (QED) is 0.691.